The molecule has 0 aliphatic carbocycles. The second-order valence-electron chi connectivity index (χ2n) is 4.80. The van der Waals surface area contributed by atoms with Gasteiger partial charge in [0.15, 0.2) is 0 Å². The fraction of sp³-hybridized carbons (Fsp3) is 0.250. The number of hydrogen-bond donors (Lipinski definition) is 1. The van der Waals surface area contributed by atoms with E-state index in [1.165, 1.54) is 23.4 Å². The molecule has 2 nitrogen and oxygen atoms in total. The first-order valence-electron chi connectivity index (χ1n) is 6.65. The predicted molar refractivity (Wildman–Crippen MR) is 77.2 cm³/mol. The average molecular weight is 256 g/mol. The van der Waals surface area contributed by atoms with Gasteiger partial charge in [0, 0.05) is 31.0 Å². The molecule has 0 amide bonds. The molecular weight excluding hydrogens is 239 g/mol. The van der Waals surface area contributed by atoms with E-state index in [1.807, 2.05) is 0 Å². The molecule has 0 atom stereocenters. The lowest BCUT2D eigenvalue weighted by atomic mass is 10.2. The van der Waals surface area contributed by atoms with Crippen LogP contribution in [0.2, 0.25) is 0 Å². The molecule has 0 fully saturated rings. The van der Waals surface area contributed by atoms with Gasteiger partial charge < -0.3 is 10.2 Å². The van der Waals surface area contributed by atoms with Crippen molar-refractivity contribution in [2.45, 2.75) is 6.42 Å². The lowest BCUT2D eigenvalue weighted by molar-refractivity contribution is 0.628. The number of nitrogens with zero attached hydrogens (tertiary/aromatic N) is 1. The molecule has 1 aliphatic rings. The van der Waals surface area contributed by atoms with Crippen LogP contribution in [0.1, 0.15) is 5.56 Å². The summed E-state index contributed by atoms with van der Waals surface area (Å²) in [5.74, 6) is -0.195. The van der Waals surface area contributed by atoms with Crippen LogP contribution in [0.3, 0.4) is 0 Å². The molecule has 1 aliphatic heterocycles. The summed E-state index contributed by atoms with van der Waals surface area (Å²) in [5, 5.41) is 3.32. The van der Waals surface area contributed by atoms with Crippen molar-refractivity contribution in [3.05, 3.63) is 59.9 Å². The Bertz CT molecular complexity index is 551. The number of rotatable bonds is 4. The fourth-order valence-corrected chi connectivity index (χ4v) is 2.54. The Morgan fingerprint density at radius 2 is 1.84 bits per heavy atom. The molecule has 3 heteroatoms. The number of hydrogen-bond acceptors (Lipinski definition) is 2. The highest BCUT2D eigenvalue weighted by atomic mass is 19.1. The molecule has 0 bridgehead atoms. The smallest absolute Gasteiger partial charge is 0.123 e. The van der Waals surface area contributed by atoms with Crippen molar-refractivity contribution >= 4 is 11.4 Å². The van der Waals surface area contributed by atoms with Crippen molar-refractivity contribution < 1.29 is 4.39 Å². The van der Waals surface area contributed by atoms with Gasteiger partial charge in [-0.25, -0.2) is 4.39 Å². The van der Waals surface area contributed by atoms with Crippen molar-refractivity contribution in [2.75, 3.05) is 29.9 Å². The van der Waals surface area contributed by atoms with E-state index in [0.29, 0.717) is 0 Å². The van der Waals surface area contributed by atoms with Crippen LogP contribution in [-0.4, -0.2) is 19.6 Å². The number of anilines is 2. The monoisotopic (exact) mass is 256 g/mol. The van der Waals surface area contributed by atoms with Crippen molar-refractivity contribution in [1.82, 2.24) is 0 Å². The second kappa shape index (κ2) is 5.31. The van der Waals surface area contributed by atoms with Crippen LogP contribution in [0.4, 0.5) is 15.8 Å². The molecule has 0 saturated carbocycles. The lowest BCUT2D eigenvalue weighted by Gasteiger charge is -2.19. The highest BCUT2D eigenvalue weighted by molar-refractivity contribution is 5.58. The summed E-state index contributed by atoms with van der Waals surface area (Å²) in [4.78, 5) is 2.39. The second-order valence-corrected chi connectivity index (χ2v) is 4.80. The first kappa shape index (κ1) is 12.0. The first-order valence-corrected chi connectivity index (χ1v) is 6.65. The molecule has 0 radical (unpaired) electrons. The largest absolute Gasteiger partial charge is 0.383 e. The SMILES string of the molecule is Fc1ccc(NCCN2CCc3ccccc32)cc1. The molecule has 2 aromatic rings. The van der Waals surface area contributed by atoms with Gasteiger partial charge in [-0.2, -0.15) is 0 Å². The molecule has 0 saturated heterocycles. The van der Waals surface area contributed by atoms with E-state index in [0.717, 1.165) is 31.7 Å². The molecule has 0 aromatic heterocycles. The normalized spacial score (nSPS) is 13.4. The molecule has 19 heavy (non-hydrogen) atoms. The van der Waals surface area contributed by atoms with E-state index in [2.05, 4.69) is 34.5 Å². The number of benzene rings is 2. The highest BCUT2D eigenvalue weighted by Gasteiger charge is 2.17. The van der Waals surface area contributed by atoms with Crippen LogP contribution in [0, 0.1) is 5.82 Å². The van der Waals surface area contributed by atoms with Gasteiger partial charge in [-0.1, -0.05) is 18.2 Å². The zero-order valence-electron chi connectivity index (χ0n) is 10.8. The van der Waals surface area contributed by atoms with Crippen LogP contribution in [0.25, 0.3) is 0 Å². The van der Waals surface area contributed by atoms with Gasteiger partial charge in [0.2, 0.25) is 0 Å². The van der Waals surface area contributed by atoms with Crippen LogP contribution in [0.5, 0.6) is 0 Å². The van der Waals surface area contributed by atoms with Crippen LogP contribution >= 0.6 is 0 Å². The predicted octanol–water partition coefficient (Wildman–Crippen LogP) is 3.30. The van der Waals surface area contributed by atoms with E-state index >= 15 is 0 Å². The minimum absolute atomic E-state index is 0.195. The van der Waals surface area contributed by atoms with Crippen molar-refractivity contribution in [2.24, 2.45) is 0 Å². The zero-order chi connectivity index (χ0) is 13.1. The average Bonchev–Trinajstić information content (AvgIpc) is 2.85. The van der Waals surface area contributed by atoms with Gasteiger partial charge in [0.05, 0.1) is 0 Å². The Labute approximate surface area is 112 Å². The van der Waals surface area contributed by atoms with Crippen LogP contribution < -0.4 is 10.2 Å². The Morgan fingerprint density at radius 3 is 2.68 bits per heavy atom. The standard InChI is InChI=1S/C16H17FN2/c17-14-5-7-15(8-6-14)18-10-12-19-11-9-13-3-1-2-4-16(13)19/h1-8,18H,9-12H2. The van der Waals surface area contributed by atoms with Gasteiger partial charge in [-0.15, -0.1) is 0 Å². The molecule has 98 valence electrons. The van der Waals surface area contributed by atoms with E-state index < -0.39 is 0 Å². The van der Waals surface area contributed by atoms with Gasteiger partial charge in [0.25, 0.3) is 0 Å². The number of fused-ring (bicyclic) bond motifs is 1. The molecule has 0 spiro atoms. The summed E-state index contributed by atoms with van der Waals surface area (Å²) in [6, 6.07) is 15.1. The molecular formula is C16H17FN2. The topological polar surface area (TPSA) is 15.3 Å². The summed E-state index contributed by atoms with van der Waals surface area (Å²) < 4.78 is 12.8. The minimum Gasteiger partial charge on any atom is -0.383 e. The maximum absolute atomic E-state index is 12.8. The van der Waals surface area contributed by atoms with Crippen molar-refractivity contribution in [3.63, 3.8) is 0 Å². The Morgan fingerprint density at radius 1 is 1.05 bits per heavy atom. The Hall–Kier alpha value is -2.03. The van der Waals surface area contributed by atoms with Crippen LogP contribution in [0.15, 0.2) is 48.5 Å². The highest BCUT2D eigenvalue weighted by Crippen LogP contribution is 2.26. The Balaban J connectivity index is 1.55. The fourth-order valence-electron chi connectivity index (χ4n) is 2.54. The van der Waals surface area contributed by atoms with Gasteiger partial charge in [-0.3, -0.25) is 0 Å². The molecule has 2 aromatic carbocycles. The van der Waals surface area contributed by atoms with Crippen LogP contribution in [-0.2, 0) is 6.42 Å². The van der Waals surface area contributed by atoms with Crippen molar-refractivity contribution in [1.29, 1.82) is 0 Å². The summed E-state index contributed by atoms with van der Waals surface area (Å²) in [6.07, 6.45) is 1.13. The van der Waals surface area contributed by atoms with E-state index in [1.54, 1.807) is 12.1 Å². The third kappa shape index (κ3) is 2.70. The zero-order valence-corrected chi connectivity index (χ0v) is 10.8. The summed E-state index contributed by atoms with van der Waals surface area (Å²) in [5.41, 5.74) is 3.75. The third-order valence-corrected chi connectivity index (χ3v) is 3.54. The summed E-state index contributed by atoms with van der Waals surface area (Å²) >= 11 is 0. The first-order chi connectivity index (χ1) is 9.33. The quantitative estimate of drug-likeness (QED) is 0.903. The Kier molecular flexibility index (Phi) is 3.36. The number of nitrogens with one attached hydrogen (secondary N) is 1. The molecule has 3 rings (SSSR count). The van der Waals surface area contributed by atoms with E-state index in [-0.39, 0.29) is 5.82 Å². The maximum atomic E-state index is 12.8. The maximum Gasteiger partial charge on any atom is 0.123 e. The molecule has 1 heterocycles. The van der Waals surface area contributed by atoms with Gasteiger partial charge in [-0.05, 0) is 42.3 Å². The van der Waals surface area contributed by atoms with Gasteiger partial charge >= 0.3 is 0 Å². The number of para-hydroxylation sites is 1. The third-order valence-electron chi connectivity index (χ3n) is 3.54. The summed E-state index contributed by atoms with van der Waals surface area (Å²) in [6.45, 7) is 2.92. The lowest BCUT2D eigenvalue weighted by Crippen LogP contribution is -2.27. The number of halogens is 1. The molecule has 0 unspecified atom stereocenters. The minimum atomic E-state index is -0.195. The molecule has 1 N–H and O–H groups in total. The van der Waals surface area contributed by atoms with E-state index in [4.69, 9.17) is 0 Å². The van der Waals surface area contributed by atoms with E-state index in [9.17, 15) is 4.39 Å². The van der Waals surface area contributed by atoms with Gasteiger partial charge in [0.1, 0.15) is 5.82 Å². The summed E-state index contributed by atoms with van der Waals surface area (Å²) in [7, 11) is 0. The van der Waals surface area contributed by atoms with Crippen molar-refractivity contribution in [3.8, 4) is 0 Å².